The molecule has 2 unspecified atom stereocenters. The molecule has 0 N–H and O–H groups in total. The maximum Gasteiger partial charge on any atom is 0.151 e. The fraction of sp³-hybridized carbons (Fsp3) is 0.643. The molecule has 1 aliphatic carbocycles. The molecule has 16 heavy (non-hydrogen) atoms. The van der Waals surface area contributed by atoms with Crippen LogP contribution in [0.1, 0.15) is 60.4 Å². The largest absolute Gasteiger partial charge is 0.345 e. The lowest BCUT2D eigenvalue weighted by Crippen LogP contribution is -2.19. The van der Waals surface area contributed by atoms with E-state index in [0.717, 1.165) is 23.5 Å². The summed E-state index contributed by atoms with van der Waals surface area (Å²) in [6.07, 6.45) is 6.18. The molecule has 0 aromatic carbocycles. The maximum absolute atomic E-state index is 10.9. The fourth-order valence-corrected chi connectivity index (χ4v) is 3.12. The molecule has 0 amide bonds. The van der Waals surface area contributed by atoms with Gasteiger partial charge in [-0.25, -0.2) is 0 Å². The van der Waals surface area contributed by atoms with Crippen LogP contribution in [0.25, 0.3) is 0 Å². The first-order chi connectivity index (χ1) is 7.63. The van der Waals surface area contributed by atoms with Crippen molar-refractivity contribution in [3.63, 3.8) is 0 Å². The Labute approximate surface area is 97.7 Å². The highest BCUT2D eigenvalue weighted by Crippen LogP contribution is 2.34. The molecule has 1 fully saturated rings. The third-order valence-electron chi connectivity index (χ3n) is 3.92. The Balaban J connectivity index is 2.32. The van der Waals surface area contributed by atoms with E-state index in [-0.39, 0.29) is 0 Å². The standard InChI is InChI=1S/C14H21NO/c1-10-5-4-6-14(7-10)15-11(2)8-13(9-16)12(15)3/h8-10,14H,4-7H2,1-3H3. The quantitative estimate of drug-likeness (QED) is 0.696. The van der Waals surface area contributed by atoms with Crippen LogP contribution in [0.15, 0.2) is 6.07 Å². The maximum atomic E-state index is 10.9. The summed E-state index contributed by atoms with van der Waals surface area (Å²) in [5.41, 5.74) is 3.24. The summed E-state index contributed by atoms with van der Waals surface area (Å²) < 4.78 is 2.37. The van der Waals surface area contributed by atoms with Gasteiger partial charge in [-0.2, -0.15) is 0 Å². The zero-order valence-electron chi connectivity index (χ0n) is 10.5. The van der Waals surface area contributed by atoms with Crippen molar-refractivity contribution >= 4 is 6.29 Å². The second-order valence-corrected chi connectivity index (χ2v) is 5.24. The van der Waals surface area contributed by atoms with E-state index in [1.165, 1.54) is 31.4 Å². The second-order valence-electron chi connectivity index (χ2n) is 5.24. The summed E-state index contributed by atoms with van der Waals surface area (Å²) in [7, 11) is 0. The molecule has 1 saturated carbocycles. The molecule has 0 saturated heterocycles. The lowest BCUT2D eigenvalue weighted by Gasteiger charge is -2.30. The lowest BCUT2D eigenvalue weighted by atomic mass is 9.87. The molecule has 0 aliphatic heterocycles. The van der Waals surface area contributed by atoms with Crippen molar-refractivity contribution in [2.24, 2.45) is 5.92 Å². The summed E-state index contributed by atoms with van der Waals surface area (Å²) in [5, 5.41) is 0. The molecule has 1 aliphatic rings. The Hall–Kier alpha value is -1.05. The van der Waals surface area contributed by atoms with Gasteiger partial charge >= 0.3 is 0 Å². The number of aldehydes is 1. The van der Waals surface area contributed by atoms with Gasteiger partial charge in [-0.3, -0.25) is 4.79 Å². The van der Waals surface area contributed by atoms with Crippen LogP contribution in [0.4, 0.5) is 0 Å². The van der Waals surface area contributed by atoms with Crippen molar-refractivity contribution in [3.8, 4) is 0 Å². The summed E-state index contributed by atoms with van der Waals surface area (Å²) in [6, 6.07) is 2.62. The number of aromatic nitrogens is 1. The Morgan fingerprint density at radius 3 is 2.69 bits per heavy atom. The predicted molar refractivity (Wildman–Crippen MR) is 66.0 cm³/mol. The molecule has 0 bridgehead atoms. The van der Waals surface area contributed by atoms with E-state index in [9.17, 15) is 4.79 Å². The third kappa shape index (κ3) is 1.93. The van der Waals surface area contributed by atoms with Gasteiger partial charge in [0.1, 0.15) is 0 Å². The molecule has 1 aromatic heterocycles. The van der Waals surface area contributed by atoms with Crippen molar-refractivity contribution in [1.29, 1.82) is 0 Å². The SMILES string of the molecule is Cc1cc(C=O)c(C)n1C1CCCC(C)C1. The lowest BCUT2D eigenvalue weighted by molar-refractivity contribution is 0.112. The molecule has 1 aromatic rings. The zero-order valence-corrected chi connectivity index (χ0v) is 10.5. The predicted octanol–water partition coefficient (Wildman–Crippen LogP) is 3.67. The number of nitrogens with zero attached hydrogens (tertiary/aromatic N) is 1. The summed E-state index contributed by atoms with van der Waals surface area (Å²) in [6.45, 7) is 6.51. The van der Waals surface area contributed by atoms with Crippen LogP contribution in [0, 0.1) is 19.8 Å². The molecule has 0 spiro atoms. The van der Waals surface area contributed by atoms with Gasteiger partial charge in [0.25, 0.3) is 0 Å². The fourth-order valence-electron chi connectivity index (χ4n) is 3.12. The molecule has 2 rings (SSSR count). The Bertz CT molecular complexity index is 392. The number of hydrogen-bond acceptors (Lipinski definition) is 1. The first kappa shape index (κ1) is 11.4. The van der Waals surface area contributed by atoms with Gasteiger partial charge in [0, 0.05) is 23.0 Å². The minimum absolute atomic E-state index is 0.609. The molecular weight excluding hydrogens is 198 g/mol. The van der Waals surface area contributed by atoms with Crippen molar-refractivity contribution in [2.45, 2.75) is 52.5 Å². The number of carbonyl (C=O) groups excluding carboxylic acids is 1. The Kier molecular flexibility index (Phi) is 3.17. The molecule has 2 nitrogen and oxygen atoms in total. The molecule has 0 radical (unpaired) electrons. The van der Waals surface area contributed by atoms with E-state index in [4.69, 9.17) is 0 Å². The van der Waals surface area contributed by atoms with Crippen LogP contribution in [-0.4, -0.2) is 10.9 Å². The van der Waals surface area contributed by atoms with E-state index in [1.807, 2.05) is 6.07 Å². The van der Waals surface area contributed by atoms with Gasteiger partial charge in [-0.15, -0.1) is 0 Å². The first-order valence-electron chi connectivity index (χ1n) is 6.27. The first-order valence-corrected chi connectivity index (χ1v) is 6.27. The van der Waals surface area contributed by atoms with Crippen molar-refractivity contribution in [1.82, 2.24) is 4.57 Å². The van der Waals surface area contributed by atoms with Crippen molar-refractivity contribution in [2.75, 3.05) is 0 Å². The molecular formula is C14H21NO. The summed E-state index contributed by atoms with van der Waals surface area (Å²) in [5.74, 6) is 0.819. The summed E-state index contributed by atoms with van der Waals surface area (Å²) in [4.78, 5) is 10.9. The molecule has 2 heteroatoms. The Morgan fingerprint density at radius 2 is 2.12 bits per heavy atom. The monoisotopic (exact) mass is 219 g/mol. The van der Waals surface area contributed by atoms with Gasteiger partial charge in [-0.1, -0.05) is 19.8 Å². The van der Waals surface area contributed by atoms with Gasteiger partial charge < -0.3 is 4.57 Å². The van der Waals surface area contributed by atoms with Gasteiger partial charge in [0.15, 0.2) is 6.29 Å². The van der Waals surface area contributed by atoms with Crippen LogP contribution >= 0.6 is 0 Å². The highest BCUT2D eigenvalue weighted by atomic mass is 16.1. The van der Waals surface area contributed by atoms with Crippen LogP contribution < -0.4 is 0 Å². The highest BCUT2D eigenvalue weighted by Gasteiger charge is 2.23. The topological polar surface area (TPSA) is 22.0 Å². The smallest absolute Gasteiger partial charge is 0.151 e. The van der Waals surface area contributed by atoms with Crippen LogP contribution in [0.3, 0.4) is 0 Å². The van der Waals surface area contributed by atoms with E-state index in [0.29, 0.717) is 6.04 Å². The van der Waals surface area contributed by atoms with Gasteiger partial charge in [-0.05, 0) is 38.7 Å². The van der Waals surface area contributed by atoms with Crippen molar-refractivity contribution < 1.29 is 4.79 Å². The minimum atomic E-state index is 0.609. The van der Waals surface area contributed by atoms with Gasteiger partial charge in [0.2, 0.25) is 0 Å². The van der Waals surface area contributed by atoms with E-state index in [2.05, 4.69) is 25.3 Å². The number of carbonyl (C=O) groups is 1. The van der Waals surface area contributed by atoms with E-state index in [1.54, 1.807) is 0 Å². The summed E-state index contributed by atoms with van der Waals surface area (Å²) >= 11 is 0. The number of hydrogen-bond donors (Lipinski definition) is 0. The zero-order chi connectivity index (χ0) is 11.7. The minimum Gasteiger partial charge on any atom is -0.345 e. The number of aryl methyl sites for hydroxylation is 1. The average Bonchev–Trinajstić information content (AvgIpc) is 2.53. The molecule has 2 atom stereocenters. The molecule has 1 heterocycles. The Morgan fingerprint density at radius 1 is 1.38 bits per heavy atom. The van der Waals surface area contributed by atoms with Crippen molar-refractivity contribution in [3.05, 3.63) is 23.0 Å². The van der Waals surface area contributed by atoms with Gasteiger partial charge in [0.05, 0.1) is 0 Å². The normalized spacial score (nSPS) is 25.7. The average molecular weight is 219 g/mol. The van der Waals surface area contributed by atoms with Crippen LogP contribution in [0.2, 0.25) is 0 Å². The third-order valence-corrected chi connectivity index (χ3v) is 3.92. The van der Waals surface area contributed by atoms with Crippen LogP contribution in [0.5, 0.6) is 0 Å². The van der Waals surface area contributed by atoms with E-state index < -0.39 is 0 Å². The van der Waals surface area contributed by atoms with Crippen LogP contribution in [-0.2, 0) is 0 Å². The number of rotatable bonds is 2. The van der Waals surface area contributed by atoms with E-state index >= 15 is 0 Å². The highest BCUT2D eigenvalue weighted by molar-refractivity contribution is 5.77. The molecule has 88 valence electrons. The second kappa shape index (κ2) is 4.44.